The minimum Gasteiger partial charge on any atom is -0.507 e. The number of aromatic hydroxyl groups is 1. The van der Waals surface area contributed by atoms with Crippen LogP contribution in [0.3, 0.4) is 0 Å². The summed E-state index contributed by atoms with van der Waals surface area (Å²) in [6, 6.07) is 6.69. The summed E-state index contributed by atoms with van der Waals surface area (Å²) in [5.41, 5.74) is -0.817. The lowest BCUT2D eigenvalue weighted by molar-refractivity contribution is -0.186. The summed E-state index contributed by atoms with van der Waals surface area (Å²) in [5.74, 6) is -2.55. The molecule has 3 N–H and O–H groups in total. The van der Waals surface area contributed by atoms with Gasteiger partial charge in [-0.05, 0) is 51.7 Å². The molecular formula is C26H38N2O7. The Morgan fingerprint density at radius 3 is 2.49 bits per heavy atom. The largest absolute Gasteiger partial charge is 0.507 e. The fourth-order valence-corrected chi connectivity index (χ4v) is 4.21. The van der Waals surface area contributed by atoms with E-state index in [2.05, 4.69) is 10.2 Å². The quantitative estimate of drug-likeness (QED) is 0.255. The second-order valence-electron chi connectivity index (χ2n) is 9.31. The van der Waals surface area contributed by atoms with Crippen LogP contribution in [0.1, 0.15) is 65.4 Å². The van der Waals surface area contributed by atoms with E-state index in [-0.39, 0.29) is 30.5 Å². The lowest BCUT2D eigenvalue weighted by Crippen LogP contribution is -2.55. The highest BCUT2D eigenvalue weighted by Gasteiger charge is 2.45. The summed E-state index contributed by atoms with van der Waals surface area (Å²) in [7, 11) is 1.55. The molecule has 9 heteroatoms. The third kappa shape index (κ3) is 7.43. The molecule has 6 atom stereocenters. The Balaban J connectivity index is 2.42. The number of Topliss-reactive ketones (excluding diaryl/α,β-unsaturated/α-hetero) is 1. The van der Waals surface area contributed by atoms with Crippen molar-refractivity contribution in [3.05, 3.63) is 29.8 Å². The van der Waals surface area contributed by atoms with E-state index >= 15 is 0 Å². The first-order valence-electron chi connectivity index (χ1n) is 12.1. The fourth-order valence-electron chi connectivity index (χ4n) is 4.21. The molecule has 0 aliphatic carbocycles. The Morgan fingerprint density at radius 1 is 1.20 bits per heavy atom. The summed E-state index contributed by atoms with van der Waals surface area (Å²) in [6.07, 6.45) is 0.492. The molecule has 0 bridgehead atoms. The Labute approximate surface area is 206 Å². The maximum Gasteiger partial charge on any atom is 0.316 e. The standard InChI is InChI=1S/C26H38N2O7/c1-6-23-26(4,33)24(31)16(2)20(28-27-15-18-9-7-8-10-22(18)30)13-11-19(34-5)12-14-21(29)17(3)25(32)35-23/h7-10,15-17,19,23-24,30-31,33H,6,11-14H2,1-5H3/b27-15+,28-20+/t16?,17?,19?,23-,24?,26?/m1/s1. The van der Waals surface area contributed by atoms with E-state index in [1.54, 1.807) is 39.2 Å². The summed E-state index contributed by atoms with van der Waals surface area (Å²) < 4.78 is 11.0. The van der Waals surface area contributed by atoms with Crippen LogP contribution < -0.4 is 0 Å². The highest BCUT2D eigenvalue weighted by atomic mass is 16.6. The van der Waals surface area contributed by atoms with Gasteiger partial charge in [0.2, 0.25) is 0 Å². The highest BCUT2D eigenvalue weighted by molar-refractivity contribution is 5.98. The SMILES string of the molecule is CC[C@H]1OC(=O)C(C)C(=O)CCC(OC)CC/C(=N\N=C\c2ccccc2O)C(C)C(O)C1(C)O. The summed E-state index contributed by atoms with van der Waals surface area (Å²) in [4.78, 5) is 25.2. The van der Waals surface area contributed by atoms with Crippen molar-refractivity contribution in [1.82, 2.24) is 0 Å². The molecule has 2 rings (SSSR count). The number of esters is 1. The zero-order valence-corrected chi connectivity index (χ0v) is 21.2. The fraction of sp³-hybridized carbons (Fsp3) is 0.615. The van der Waals surface area contributed by atoms with Gasteiger partial charge in [0.15, 0.2) is 0 Å². The van der Waals surface area contributed by atoms with Crippen molar-refractivity contribution in [2.45, 2.75) is 83.7 Å². The first-order valence-corrected chi connectivity index (χ1v) is 12.1. The molecule has 0 radical (unpaired) electrons. The third-order valence-electron chi connectivity index (χ3n) is 6.80. The second kappa shape index (κ2) is 12.9. The number of phenolic OH excluding ortho intramolecular Hbond substituents is 1. The molecule has 1 aliphatic rings. The van der Waals surface area contributed by atoms with Crippen LogP contribution in [-0.4, -0.2) is 70.0 Å². The number of cyclic esters (lactones) is 1. The highest BCUT2D eigenvalue weighted by Crippen LogP contribution is 2.29. The average molecular weight is 491 g/mol. The number of carbonyl (C=O) groups excluding carboxylic acids is 2. The van der Waals surface area contributed by atoms with Gasteiger partial charge in [-0.2, -0.15) is 10.2 Å². The zero-order valence-electron chi connectivity index (χ0n) is 21.2. The molecule has 9 nitrogen and oxygen atoms in total. The van der Waals surface area contributed by atoms with Gasteiger partial charge in [0.25, 0.3) is 0 Å². The maximum absolute atomic E-state index is 12.6. The molecule has 0 spiro atoms. The second-order valence-corrected chi connectivity index (χ2v) is 9.31. The van der Waals surface area contributed by atoms with Gasteiger partial charge in [0, 0.05) is 30.7 Å². The number of aliphatic hydroxyl groups excluding tert-OH is 1. The van der Waals surface area contributed by atoms with Crippen LogP contribution in [0.4, 0.5) is 0 Å². The monoisotopic (exact) mass is 490 g/mol. The number of para-hydroxylation sites is 1. The maximum atomic E-state index is 12.6. The first-order chi connectivity index (χ1) is 16.5. The normalized spacial score (nSPS) is 33.0. The summed E-state index contributed by atoms with van der Waals surface area (Å²) in [6.45, 7) is 6.36. The smallest absolute Gasteiger partial charge is 0.316 e. The van der Waals surface area contributed by atoms with E-state index in [1.165, 1.54) is 26.1 Å². The van der Waals surface area contributed by atoms with Gasteiger partial charge >= 0.3 is 5.97 Å². The van der Waals surface area contributed by atoms with Crippen LogP contribution in [0.15, 0.2) is 34.5 Å². The molecule has 1 heterocycles. The van der Waals surface area contributed by atoms with Gasteiger partial charge < -0.3 is 24.8 Å². The van der Waals surface area contributed by atoms with Crippen molar-refractivity contribution in [3.63, 3.8) is 0 Å². The molecule has 1 aromatic rings. The van der Waals surface area contributed by atoms with Crippen molar-refractivity contribution in [2.24, 2.45) is 22.0 Å². The number of hydrogen-bond donors (Lipinski definition) is 3. The number of carbonyl (C=O) groups is 2. The molecular weight excluding hydrogens is 452 g/mol. The Bertz CT molecular complexity index is 928. The topological polar surface area (TPSA) is 138 Å². The lowest BCUT2D eigenvalue weighted by atomic mass is 9.80. The molecule has 1 aromatic carbocycles. The summed E-state index contributed by atoms with van der Waals surface area (Å²) in [5, 5.41) is 40.8. The Kier molecular flexibility index (Phi) is 10.5. The van der Waals surface area contributed by atoms with E-state index in [0.717, 1.165) is 0 Å². The van der Waals surface area contributed by atoms with E-state index in [4.69, 9.17) is 9.47 Å². The molecule has 1 aliphatic heterocycles. The van der Waals surface area contributed by atoms with Crippen LogP contribution in [0.2, 0.25) is 0 Å². The van der Waals surface area contributed by atoms with E-state index in [9.17, 15) is 24.9 Å². The van der Waals surface area contributed by atoms with Crippen LogP contribution in [-0.2, 0) is 19.1 Å². The molecule has 0 amide bonds. The minimum absolute atomic E-state index is 0.0596. The average Bonchev–Trinajstić information content (AvgIpc) is 2.84. The van der Waals surface area contributed by atoms with Crippen LogP contribution in [0, 0.1) is 11.8 Å². The molecule has 194 valence electrons. The number of phenols is 1. The van der Waals surface area contributed by atoms with Crippen molar-refractivity contribution in [1.29, 1.82) is 0 Å². The van der Waals surface area contributed by atoms with E-state index < -0.39 is 35.6 Å². The number of ketones is 1. The van der Waals surface area contributed by atoms with Crippen LogP contribution in [0.5, 0.6) is 5.75 Å². The van der Waals surface area contributed by atoms with E-state index in [1.807, 2.05) is 0 Å². The van der Waals surface area contributed by atoms with E-state index in [0.29, 0.717) is 30.5 Å². The van der Waals surface area contributed by atoms with Crippen molar-refractivity contribution in [2.75, 3.05) is 7.11 Å². The van der Waals surface area contributed by atoms with Crippen molar-refractivity contribution in [3.8, 4) is 5.75 Å². The number of hydrogen-bond acceptors (Lipinski definition) is 9. The van der Waals surface area contributed by atoms with Gasteiger partial charge in [0.1, 0.15) is 29.2 Å². The first kappa shape index (κ1) is 28.6. The molecule has 0 saturated carbocycles. The zero-order chi connectivity index (χ0) is 26.2. The number of aliphatic hydroxyl groups is 2. The molecule has 35 heavy (non-hydrogen) atoms. The van der Waals surface area contributed by atoms with Crippen LogP contribution in [0.25, 0.3) is 0 Å². The minimum atomic E-state index is -1.81. The predicted molar refractivity (Wildman–Crippen MR) is 133 cm³/mol. The van der Waals surface area contributed by atoms with Gasteiger partial charge in [-0.15, -0.1) is 0 Å². The number of rotatable bonds is 4. The third-order valence-corrected chi connectivity index (χ3v) is 6.80. The van der Waals surface area contributed by atoms with Gasteiger partial charge in [-0.1, -0.05) is 26.0 Å². The molecule has 1 fully saturated rings. The number of benzene rings is 1. The van der Waals surface area contributed by atoms with Gasteiger partial charge in [-0.3, -0.25) is 9.59 Å². The number of nitrogens with zero attached hydrogens (tertiary/aromatic N) is 2. The molecule has 5 unspecified atom stereocenters. The summed E-state index contributed by atoms with van der Waals surface area (Å²) >= 11 is 0. The lowest BCUT2D eigenvalue weighted by Gasteiger charge is -2.39. The Hall–Kier alpha value is -2.62. The Morgan fingerprint density at radius 2 is 1.86 bits per heavy atom. The predicted octanol–water partition coefficient (Wildman–Crippen LogP) is 3.03. The molecule has 0 aromatic heterocycles. The van der Waals surface area contributed by atoms with Gasteiger partial charge in [0.05, 0.1) is 18.4 Å². The van der Waals surface area contributed by atoms with Crippen molar-refractivity contribution < 1.29 is 34.4 Å². The number of methoxy groups -OCH3 is 1. The molecule has 1 saturated heterocycles. The number of ether oxygens (including phenoxy) is 2. The van der Waals surface area contributed by atoms with Crippen molar-refractivity contribution >= 4 is 23.7 Å². The van der Waals surface area contributed by atoms with Crippen LogP contribution >= 0.6 is 0 Å². The van der Waals surface area contributed by atoms with Gasteiger partial charge in [-0.25, -0.2) is 0 Å².